The summed E-state index contributed by atoms with van der Waals surface area (Å²) in [6.45, 7) is 26.4. The molecule has 0 rings (SSSR count). The molecule has 0 spiro atoms. The molecule has 0 fully saturated rings. The summed E-state index contributed by atoms with van der Waals surface area (Å²) < 4.78 is 6.79. The van der Waals surface area contributed by atoms with Crippen LogP contribution in [0.3, 0.4) is 0 Å². The van der Waals surface area contributed by atoms with Gasteiger partial charge in [-0.05, 0) is 0 Å². The summed E-state index contributed by atoms with van der Waals surface area (Å²) in [5.41, 5.74) is 0. The van der Waals surface area contributed by atoms with Crippen molar-refractivity contribution in [2.75, 3.05) is 6.61 Å². The van der Waals surface area contributed by atoms with Crippen molar-refractivity contribution in [2.24, 2.45) is 0 Å². The van der Waals surface area contributed by atoms with Gasteiger partial charge in [-0.25, -0.2) is 0 Å². The van der Waals surface area contributed by atoms with Crippen molar-refractivity contribution >= 4 is 40.0 Å². The Bertz CT molecular complexity index is 212. The molecule has 0 aromatic heterocycles. The molecule has 0 amide bonds. The van der Waals surface area contributed by atoms with Crippen molar-refractivity contribution in [3.8, 4) is 0 Å². The normalized spacial score (nSPS) is 15.2. The summed E-state index contributed by atoms with van der Waals surface area (Å²) in [5, 5.41) is 0. The van der Waals surface area contributed by atoms with E-state index in [1.54, 1.807) is 0 Å². The Morgan fingerprint density at radius 2 is 1.06 bits per heavy atom. The van der Waals surface area contributed by atoms with Gasteiger partial charge in [-0.2, -0.15) is 0 Å². The first-order valence-corrected chi connectivity index (χ1v) is 19.1. The fourth-order valence-electron chi connectivity index (χ4n) is 4.01. The first-order valence-electron chi connectivity index (χ1n) is 6.70. The summed E-state index contributed by atoms with van der Waals surface area (Å²) in [7, 11) is -3.57. The Hall–Kier alpha value is 1.15. The number of rotatable bonds is 6. The maximum absolute atomic E-state index is 6.11. The van der Waals surface area contributed by atoms with E-state index in [0.29, 0.717) is 3.12 Å². The molecule has 0 aliphatic carbocycles. The Kier molecular flexibility index (Phi) is 6.03. The van der Waals surface area contributed by atoms with Crippen LogP contribution < -0.4 is 0 Å². The predicted molar refractivity (Wildman–Crippen MR) is 90.1 cm³/mol. The monoisotopic (exact) mass is 350 g/mol. The van der Waals surface area contributed by atoms with Crippen LogP contribution in [0.15, 0.2) is 0 Å². The van der Waals surface area contributed by atoms with Crippen molar-refractivity contribution in [1.29, 1.82) is 0 Å². The third-order valence-corrected chi connectivity index (χ3v) is 41.3. The van der Waals surface area contributed by atoms with Gasteiger partial charge in [0.25, 0.3) is 0 Å². The second-order valence-corrected chi connectivity index (χ2v) is 31.0. The van der Waals surface area contributed by atoms with Crippen LogP contribution in [0, 0.1) is 0 Å². The average Bonchev–Trinajstić information content (AvgIpc) is 1.96. The molecule has 0 aliphatic heterocycles. The molecule has 0 saturated carbocycles. The van der Waals surface area contributed by atoms with E-state index in [9.17, 15) is 0 Å². The zero-order valence-electron chi connectivity index (χ0n) is 13.6. The van der Waals surface area contributed by atoms with Gasteiger partial charge in [0.2, 0.25) is 0 Å². The summed E-state index contributed by atoms with van der Waals surface area (Å²) >= 11 is -0.266. The molecule has 0 aromatic rings. The molecule has 2 radical (unpaired) electrons. The fourth-order valence-corrected chi connectivity index (χ4v) is 39.6. The zero-order valence-corrected chi connectivity index (χ0v) is 18.7. The van der Waals surface area contributed by atoms with Gasteiger partial charge in [0.1, 0.15) is 0 Å². The molecule has 5 heteroatoms. The van der Waals surface area contributed by atoms with E-state index in [4.69, 9.17) is 3.76 Å². The maximum atomic E-state index is 6.11. The molecule has 0 unspecified atom stereocenters. The van der Waals surface area contributed by atoms with E-state index in [0.717, 1.165) is 6.61 Å². The topological polar surface area (TPSA) is 9.23 Å². The molecule has 0 atom stereocenters. The van der Waals surface area contributed by atoms with Crippen LogP contribution in [-0.2, 0) is 3.76 Å². The van der Waals surface area contributed by atoms with Crippen molar-refractivity contribution in [3.63, 3.8) is 0 Å². The van der Waals surface area contributed by atoms with E-state index in [1.165, 1.54) is 0 Å². The van der Waals surface area contributed by atoms with Crippen LogP contribution in [-0.4, -0.2) is 46.6 Å². The van der Waals surface area contributed by atoms with Crippen molar-refractivity contribution in [2.45, 2.75) is 69.0 Å². The summed E-state index contributed by atoms with van der Waals surface area (Å²) in [4.78, 5) is 0. The van der Waals surface area contributed by atoms with Crippen LogP contribution in [0.2, 0.25) is 62.0 Å². The average molecular weight is 349 g/mol. The Morgan fingerprint density at radius 1 is 0.765 bits per heavy atom. The summed E-state index contributed by atoms with van der Waals surface area (Å²) in [5.74, 6) is 0. The minimum atomic E-state index is -1.19. The Morgan fingerprint density at radius 3 is 1.24 bits per heavy atom. The van der Waals surface area contributed by atoms with Gasteiger partial charge < -0.3 is 0 Å². The van der Waals surface area contributed by atoms with Gasteiger partial charge in [0, 0.05) is 0 Å². The van der Waals surface area contributed by atoms with E-state index >= 15 is 0 Å². The third-order valence-electron chi connectivity index (χ3n) is 3.74. The Labute approximate surface area is 119 Å². The predicted octanol–water partition coefficient (Wildman–Crippen LogP) is 4.43. The van der Waals surface area contributed by atoms with Crippen LogP contribution in [0.25, 0.3) is 0 Å². The molecular formula is C12H32GeOSi3. The van der Waals surface area contributed by atoms with Crippen LogP contribution >= 0.6 is 0 Å². The van der Waals surface area contributed by atoms with E-state index in [1.807, 2.05) is 0 Å². The van der Waals surface area contributed by atoms with Crippen LogP contribution in [0.1, 0.15) is 6.92 Å². The van der Waals surface area contributed by atoms with Crippen molar-refractivity contribution in [3.05, 3.63) is 0 Å². The standard InChI is InChI=1S/C12H32GeOSi3/c1-11-14-13-12(15(2,3)4,16(5,6)7)17(8,9)10/h11H2,1-10H3. The van der Waals surface area contributed by atoms with Gasteiger partial charge in [-0.1, -0.05) is 0 Å². The van der Waals surface area contributed by atoms with Gasteiger partial charge in [0.15, 0.2) is 0 Å². The quantitative estimate of drug-likeness (QED) is 0.645. The molecule has 0 saturated heterocycles. The van der Waals surface area contributed by atoms with E-state index < -0.39 is 24.2 Å². The van der Waals surface area contributed by atoms with Gasteiger partial charge in [0.05, 0.1) is 0 Å². The molecule has 0 bridgehead atoms. The second kappa shape index (κ2) is 5.65. The van der Waals surface area contributed by atoms with Crippen molar-refractivity contribution < 1.29 is 3.76 Å². The van der Waals surface area contributed by atoms with Gasteiger partial charge in [-0.15, -0.1) is 0 Å². The SMILES string of the molecule is CC[O][Ge][C]([Si](C)(C)C)([Si](C)(C)C)[Si](C)(C)C. The molecule has 1 nitrogen and oxygen atoms in total. The molecule has 102 valence electrons. The minimum absolute atomic E-state index is 0.266. The molecule has 17 heavy (non-hydrogen) atoms. The molecular weight excluding hydrogens is 317 g/mol. The zero-order chi connectivity index (χ0) is 14.1. The van der Waals surface area contributed by atoms with Crippen LogP contribution in [0.4, 0.5) is 0 Å². The summed E-state index contributed by atoms with van der Waals surface area (Å²) in [6.07, 6.45) is 0. The molecule has 0 aromatic carbocycles. The molecule has 0 N–H and O–H groups in total. The second-order valence-electron chi connectivity index (χ2n) is 8.04. The summed E-state index contributed by atoms with van der Waals surface area (Å²) in [6, 6.07) is 0. The first-order chi connectivity index (χ1) is 7.31. The number of hydrogen-bond acceptors (Lipinski definition) is 1. The molecule has 0 aliphatic rings. The van der Waals surface area contributed by atoms with Gasteiger partial charge in [-0.3, -0.25) is 0 Å². The first kappa shape index (κ1) is 18.2. The third kappa shape index (κ3) is 3.58. The van der Waals surface area contributed by atoms with Crippen LogP contribution in [0.5, 0.6) is 0 Å². The fraction of sp³-hybridized carbons (Fsp3) is 1.00. The van der Waals surface area contributed by atoms with E-state index in [-0.39, 0.29) is 15.8 Å². The van der Waals surface area contributed by atoms with E-state index in [2.05, 4.69) is 65.8 Å². The van der Waals surface area contributed by atoms with Crippen molar-refractivity contribution in [1.82, 2.24) is 0 Å². The number of hydrogen-bond donors (Lipinski definition) is 0. The molecule has 0 heterocycles. The van der Waals surface area contributed by atoms with Gasteiger partial charge >= 0.3 is 119 Å². The Balaban J connectivity index is 5.75.